The Kier molecular flexibility index (Phi) is 7.68. The number of hydrogen-bond acceptors (Lipinski definition) is 4. The van der Waals surface area contributed by atoms with Crippen LogP contribution in [0.4, 0.5) is 5.69 Å². The number of likely N-dealkylation sites (tertiary alicyclic amines) is 1. The van der Waals surface area contributed by atoms with Crippen LogP contribution in [0.25, 0.3) is 0 Å². The lowest BCUT2D eigenvalue weighted by molar-refractivity contribution is -0.121. The summed E-state index contributed by atoms with van der Waals surface area (Å²) < 4.78 is 5.34. The number of benzene rings is 2. The van der Waals surface area contributed by atoms with Crippen LogP contribution in [-0.2, 0) is 16.1 Å². The Morgan fingerprint density at radius 2 is 1.59 bits per heavy atom. The molecule has 2 aromatic rings. The van der Waals surface area contributed by atoms with E-state index in [4.69, 9.17) is 27.9 Å². The van der Waals surface area contributed by atoms with E-state index in [2.05, 4.69) is 10.2 Å². The maximum absolute atomic E-state index is 13.0. The van der Waals surface area contributed by atoms with Gasteiger partial charge in [0, 0.05) is 41.2 Å². The number of halogens is 2. The second kappa shape index (κ2) is 10.7. The quantitative estimate of drug-likeness (QED) is 0.699. The average molecular weight is 476 g/mol. The van der Waals surface area contributed by atoms with Gasteiger partial charge in [0.2, 0.25) is 5.91 Å². The molecule has 1 N–H and O–H groups in total. The number of rotatable bonds is 5. The summed E-state index contributed by atoms with van der Waals surface area (Å²) in [5.74, 6) is -0.210. The first kappa shape index (κ1) is 23.1. The maximum atomic E-state index is 13.0. The second-order valence-corrected chi connectivity index (χ2v) is 9.00. The summed E-state index contributed by atoms with van der Waals surface area (Å²) in [5.41, 5.74) is 2.02. The minimum Gasteiger partial charge on any atom is -0.378 e. The van der Waals surface area contributed by atoms with Crippen molar-refractivity contribution in [3.63, 3.8) is 0 Å². The number of para-hydroxylation sites is 1. The van der Waals surface area contributed by atoms with Crippen LogP contribution in [0.3, 0.4) is 0 Å². The van der Waals surface area contributed by atoms with Crippen molar-refractivity contribution < 1.29 is 14.3 Å². The zero-order valence-corrected chi connectivity index (χ0v) is 19.4. The first-order valence-corrected chi connectivity index (χ1v) is 11.7. The fourth-order valence-corrected chi connectivity index (χ4v) is 4.73. The van der Waals surface area contributed by atoms with E-state index in [1.54, 1.807) is 17.0 Å². The molecule has 2 saturated heterocycles. The van der Waals surface area contributed by atoms with E-state index in [1.807, 2.05) is 30.3 Å². The summed E-state index contributed by atoms with van der Waals surface area (Å²) in [6.07, 6.45) is 1.49. The topological polar surface area (TPSA) is 61.9 Å². The number of nitrogens with one attached hydrogen (secondary N) is 1. The number of hydrogen-bond donors (Lipinski definition) is 1. The third-order valence-electron chi connectivity index (χ3n) is 6.12. The molecule has 8 heteroatoms. The summed E-state index contributed by atoms with van der Waals surface area (Å²) in [5, 5.41) is 4.34. The van der Waals surface area contributed by atoms with E-state index >= 15 is 0 Å². The highest BCUT2D eigenvalue weighted by atomic mass is 35.5. The van der Waals surface area contributed by atoms with E-state index in [1.165, 1.54) is 0 Å². The van der Waals surface area contributed by atoms with Gasteiger partial charge in [-0.25, -0.2) is 0 Å². The lowest BCUT2D eigenvalue weighted by atomic mass is 9.95. The summed E-state index contributed by atoms with van der Waals surface area (Å²) in [6, 6.07) is 12.7. The monoisotopic (exact) mass is 475 g/mol. The van der Waals surface area contributed by atoms with E-state index in [-0.39, 0.29) is 17.7 Å². The fraction of sp³-hybridized carbons (Fsp3) is 0.417. The minimum absolute atomic E-state index is 0.0392. The highest BCUT2D eigenvalue weighted by Gasteiger charge is 2.27. The van der Waals surface area contributed by atoms with E-state index in [0.29, 0.717) is 54.1 Å². The average Bonchev–Trinajstić information content (AvgIpc) is 2.82. The van der Waals surface area contributed by atoms with Gasteiger partial charge in [-0.15, -0.1) is 0 Å². The van der Waals surface area contributed by atoms with Crippen LogP contribution in [0.15, 0.2) is 42.5 Å². The van der Waals surface area contributed by atoms with Crippen molar-refractivity contribution in [2.45, 2.75) is 19.4 Å². The molecule has 2 heterocycles. The lowest BCUT2D eigenvalue weighted by Crippen LogP contribution is -2.41. The Morgan fingerprint density at radius 1 is 0.938 bits per heavy atom. The van der Waals surface area contributed by atoms with Crippen molar-refractivity contribution in [3.8, 4) is 0 Å². The van der Waals surface area contributed by atoms with Crippen LogP contribution in [0.5, 0.6) is 0 Å². The minimum atomic E-state index is -0.0977. The first-order valence-electron chi connectivity index (χ1n) is 10.9. The standard InChI is InChI=1S/C24H27Cl2N3O3/c25-20-5-3-6-21(26)19(20)16-28-10-8-17(9-11-28)23(30)27-22-7-2-1-4-18(22)24(31)29-12-14-32-15-13-29/h1-7,17H,8-16H2,(H,27,30). The number of anilines is 1. The summed E-state index contributed by atoms with van der Waals surface area (Å²) in [4.78, 5) is 30.0. The largest absolute Gasteiger partial charge is 0.378 e. The SMILES string of the molecule is O=C(Nc1ccccc1C(=O)N1CCOCC1)C1CCN(Cc2c(Cl)cccc2Cl)CC1. The van der Waals surface area contributed by atoms with E-state index in [9.17, 15) is 9.59 Å². The lowest BCUT2D eigenvalue weighted by Gasteiger charge is -2.32. The molecule has 170 valence electrons. The molecule has 2 amide bonds. The highest BCUT2D eigenvalue weighted by Crippen LogP contribution is 2.28. The van der Waals surface area contributed by atoms with Gasteiger partial charge in [0.1, 0.15) is 0 Å². The summed E-state index contributed by atoms with van der Waals surface area (Å²) in [7, 11) is 0. The van der Waals surface area contributed by atoms with Crippen LogP contribution in [0, 0.1) is 5.92 Å². The predicted octanol–water partition coefficient (Wildman–Crippen LogP) is 4.32. The van der Waals surface area contributed by atoms with Gasteiger partial charge in [0.15, 0.2) is 0 Å². The molecule has 2 aliphatic rings. The van der Waals surface area contributed by atoms with Gasteiger partial charge in [-0.2, -0.15) is 0 Å². The van der Waals surface area contributed by atoms with Crippen molar-refractivity contribution in [2.75, 3.05) is 44.7 Å². The molecule has 2 aromatic carbocycles. The Hall–Kier alpha value is -2.12. The zero-order valence-electron chi connectivity index (χ0n) is 17.9. The number of amides is 2. The van der Waals surface area contributed by atoms with Gasteiger partial charge in [-0.1, -0.05) is 41.4 Å². The molecule has 0 aliphatic carbocycles. The van der Waals surface area contributed by atoms with Crippen molar-refractivity contribution in [1.29, 1.82) is 0 Å². The van der Waals surface area contributed by atoms with Crippen molar-refractivity contribution in [3.05, 3.63) is 63.6 Å². The van der Waals surface area contributed by atoms with Crippen LogP contribution in [0.2, 0.25) is 10.0 Å². The molecule has 0 unspecified atom stereocenters. The van der Waals surface area contributed by atoms with Gasteiger partial charge in [0.05, 0.1) is 24.5 Å². The molecule has 0 bridgehead atoms. The van der Waals surface area contributed by atoms with Gasteiger partial charge in [-0.05, 0) is 50.2 Å². The van der Waals surface area contributed by atoms with Gasteiger partial charge in [0.25, 0.3) is 5.91 Å². The molecule has 2 fully saturated rings. The van der Waals surface area contributed by atoms with Crippen molar-refractivity contribution in [1.82, 2.24) is 9.80 Å². The number of carbonyl (C=O) groups is 2. The Bertz CT molecular complexity index is 950. The fourth-order valence-electron chi connectivity index (χ4n) is 4.21. The van der Waals surface area contributed by atoms with Crippen LogP contribution in [-0.4, -0.2) is 61.0 Å². The van der Waals surface area contributed by atoms with E-state index in [0.717, 1.165) is 31.5 Å². The third-order valence-corrected chi connectivity index (χ3v) is 6.82. The Labute approximate surface area is 198 Å². The molecule has 6 nitrogen and oxygen atoms in total. The summed E-state index contributed by atoms with van der Waals surface area (Å²) in [6.45, 7) is 4.45. The zero-order chi connectivity index (χ0) is 22.5. The van der Waals surface area contributed by atoms with Crippen LogP contribution in [0.1, 0.15) is 28.8 Å². The number of morpholine rings is 1. The summed E-state index contributed by atoms with van der Waals surface area (Å²) >= 11 is 12.6. The number of carbonyl (C=O) groups excluding carboxylic acids is 2. The molecule has 2 aliphatic heterocycles. The third kappa shape index (κ3) is 5.44. The maximum Gasteiger partial charge on any atom is 0.256 e. The normalized spacial score (nSPS) is 17.9. The molecule has 0 radical (unpaired) electrons. The number of piperidine rings is 1. The smallest absolute Gasteiger partial charge is 0.256 e. The second-order valence-electron chi connectivity index (χ2n) is 8.19. The molecule has 0 saturated carbocycles. The van der Waals surface area contributed by atoms with Crippen molar-refractivity contribution in [2.24, 2.45) is 5.92 Å². The molecule has 32 heavy (non-hydrogen) atoms. The molecule has 0 atom stereocenters. The molecule has 4 rings (SSSR count). The highest BCUT2D eigenvalue weighted by molar-refractivity contribution is 6.35. The van der Waals surface area contributed by atoms with Gasteiger partial charge >= 0.3 is 0 Å². The van der Waals surface area contributed by atoms with Crippen molar-refractivity contribution >= 4 is 40.7 Å². The number of ether oxygens (including phenoxy) is 1. The molecule has 0 spiro atoms. The number of nitrogens with zero attached hydrogens (tertiary/aromatic N) is 2. The Balaban J connectivity index is 1.35. The van der Waals surface area contributed by atoms with Crippen LogP contribution < -0.4 is 5.32 Å². The molecule has 0 aromatic heterocycles. The van der Waals surface area contributed by atoms with Crippen LogP contribution >= 0.6 is 23.2 Å². The molecular weight excluding hydrogens is 449 g/mol. The van der Waals surface area contributed by atoms with E-state index < -0.39 is 0 Å². The predicted molar refractivity (Wildman–Crippen MR) is 126 cm³/mol. The van der Waals surface area contributed by atoms with Gasteiger partial charge in [-0.3, -0.25) is 14.5 Å². The Morgan fingerprint density at radius 3 is 2.28 bits per heavy atom. The molecular formula is C24H27Cl2N3O3. The van der Waals surface area contributed by atoms with Gasteiger partial charge < -0.3 is 15.0 Å². The first-order chi connectivity index (χ1) is 15.5.